The van der Waals surface area contributed by atoms with Crippen molar-refractivity contribution in [3.8, 4) is 0 Å². The third-order valence-electron chi connectivity index (χ3n) is 3.88. The maximum atomic E-state index is 12.5. The Morgan fingerprint density at radius 1 is 1.16 bits per heavy atom. The quantitative estimate of drug-likeness (QED) is 0.773. The zero-order chi connectivity index (χ0) is 14.7. The molecule has 0 unspecified atom stereocenters. The lowest BCUT2D eigenvalue weighted by Crippen LogP contribution is -2.59. The van der Waals surface area contributed by atoms with Gasteiger partial charge >= 0.3 is 0 Å². The fourth-order valence-electron chi connectivity index (χ4n) is 2.74. The van der Waals surface area contributed by atoms with Crippen LogP contribution in [0.25, 0.3) is 0 Å². The van der Waals surface area contributed by atoms with Crippen molar-refractivity contribution in [3.05, 3.63) is 0 Å². The third kappa shape index (κ3) is 4.41. The molecule has 0 saturated heterocycles. The standard InChI is InChI=1S/C13H29N3O2S/c1-12(2,3)15-19(17,18)16(4)13(11-14)9-7-5-6-8-10-13/h15H,5-11,14H2,1-4H3. The van der Waals surface area contributed by atoms with Gasteiger partial charge in [0.2, 0.25) is 0 Å². The van der Waals surface area contributed by atoms with Crippen LogP contribution in [0.15, 0.2) is 0 Å². The number of nitrogens with zero attached hydrogens (tertiary/aromatic N) is 1. The minimum absolute atomic E-state index is 0.383. The van der Waals surface area contributed by atoms with E-state index < -0.39 is 21.3 Å². The fraction of sp³-hybridized carbons (Fsp3) is 1.00. The van der Waals surface area contributed by atoms with Gasteiger partial charge in [0.1, 0.15) is 0 Å². The smallest absolute Gasteiger partial charge is 0.280 e. The Bertz CT molecular complexity index is 379. The van der Waals surface area contributed by atoms with E-state index in [4.69, 9.17) is 5.73 Å². The molecule has 0 spiro atoms. The van der Waals surface area contributed by atoms with Crippen LogP contribution in [0.2, 0.25) is 0 Å². The van der Waals surface area contributed by atoms with Gasteiger partial charge in [0.25, 0.3) is 10.2 Å². The number of hydrogen-bond donors (Lipinski definition) is 2. The molecule has 0 heterocycles. The number of rotatable bonds is 4. The van der Waals surface area contributed by atoms with E-state index in [9.17, 15) is 8.42 Å². The molecule has 1 rings (SSSR count). The Balaban J connectivity index is 2.97. The summed E-state index contributed by atoms with van der Waals surface area (Å²) in [7, 11) is -1.84. The summed E-state index contributed by atoms with van der Waals surface area (Å²) in [6.07, 6.45) is 6.14. The molecule has 0 aromatic carbocycles. The molecule has 1 aliphatic rings. The van der Waals surface area contributed by atoms with Gasteiger partial charge < -0.3 is 5.73 Å². The fourth-order valence-corrected chi connectivity index (χ4v) is 4.42. The van der Waals surface area contributed by atoms with Crippen molar-refractivity contribution in [1.29, 1.82) is 0 Å². The van der Waals surface area contributed by atoms with Gasteiger partial charge in [0, 0.05) is 24.7 Å². The lowest BCUT2D eigenvalue weighted by molar-refractivity contribution is 0.191. The van der Waals surface area contributed by atoms with E-state index in [1.165, 1.54) is 17.1 Å². The summed E-state index contributed by atoms with van der Waals surface area (Å²) >= 11 is 0. The molecule has 19 heavy (non-hydrogen) atoms. The molecule has 0 bridgehead atoms. The summed E-state index contributed by atoms with van der Waals surface area (Å²) in [5.41, 5.74) is 5.03. The van der Waals surface area contributed by atoms with E-state index in [1.807, 2.05) is 20.8 Å². The number of hydrogen-bond acceptors (Lipinski definition) is 3. The van der Waals surface area contributed by atoms with Crippen molar-refractivity contribution in [2.45, 2.75) is 70.4 Å². The van der Waals surface area contributed by atoms with E-state index >= 15 is 0 Å². The van der Waals surface area contributed by atoms with E-state index in [1.54, 1.807) is 7.05 Å². The highest BCUT2D eigenvalue weighted by atomic mass is 32.2. The van der Waals surface area contributed by atoms with Crippen molar-refractivity contribution in [2.75, 3.05) is 13.6 Å². The molecular weight excluding hydrogens is 262 g/mol. The monoisotopic (exact) mass is 291 g/mol. The summed E-state index contributed by atoms with van der Waals surface area (Å²) in [5.74, 6) is 0. The first-order valence-electron chi connectivity index (χ1n) is 7.11. The maximum Gasteiger partial charge on any atom is 0.280 e. The molecule has 114 valence electrons. The maximum absolute atomic E-state index is 12.5. The van der Waals surface area contributed by atoms with Crippen LogP contribution in [0.1, 0.15) is 59.3 Å². The van der Waals surface area contributed by atoms with Gasteiger partial charge in [-0.3, -0.25) is 0 Å². The Kier molecular flexibility index (Phi) is 5.40. The molecule has 0 aliphatic heterocycles. The molecule has 6 heteroatoms. The molecule has 3 N–H and O–H groups in total. The van der Waals surface area contributed by atoms with Crippen LogP contribution < -0.4 is 10.5 Å². The normalized spacial score (nSPS) is 21.4. The van der Waals surface area contributed by atoms with E-state index in [2.05, 4.69) is 4.72 Å². The van der Waals surface area contributed by atoms with Gasteiger partial charge in [-0.15, -0.1) is 0 Å². The van der Waals surface area contributed by atoms with E-state index in [-0.39, 0.29) is 0 Å². The van der Waals surface area contributed by atoms with E-state index in [0.29, 0.717) is 6.54 Å². The lowest BCUT2D eigenvalue weighted by Gasteiger charge is -2.40. The first-order valence-corrected chi connectivity index (χ1v) is 8.55. The highest BCUT2D eigenvalue weighted by Crippen LogP contribution is 2.32. The van der Waals surface area contributed by atoms with Gasteiger partial charge in [-0.1, -0.05) is 25.7 Å². The van der Waals surface area contributed by atoms with Crippen molar-refractivity contribution < 1.29 is 8.42 Å². The molecule has 1 fully saturated rings. The zero-order valence-electron chi connectivity index (χ0n) is 12.7. The van der Waals surface area contributed by atoms with Crippen LogP contribution in [0.5, 0.6) is 0 Å². The number of nitrogens with one attached hydrogen (secondary N) is 1. The second-order valence-electron chi connectivity index (χ2n) is 6.67. The summed E-state index contributed by atoms with van der Waals surface area (Å²) in [6, 6.07) is 0. The van der Waals surface area contributed by atoms with Crippen LogP contribution in [0.3, 0.4) is 0 Å². The third-order valence-corrected chi connectivity index (χ3v) is 5.86. The molecule has 1 saturated carbocycles. The van der Waals surface area contributed by atoms with Crippen molar-refractivity contribution in [2.24, 2.45) is 5.73 Å². The van der Waals surface area contributed by atoms with Gasteiger partial charge in [-0.25, -0.2) is 0 Å². The molecule has 5 nitrogen and oxygen atoms in total. The van der Waals surface area contributed by atoms with E-state index in [0.717, 1.165) is 25.7 Å². The first-order chi connectivity index (χ1) is 8.63. The molecular formula is C13H29N3O2S. The topological polar surface area (TPSA) is 75.4 Å². The predicted molar refractivity (Wildman–Crippen MR) is 79.1 cm³/mol. The van der Waals surface area contributed by atoms with Crippen LogP contribution in [0.4, 0.5) is 0 Å². The highest BCUT2D eigenvalue weighted by Gasteiger charge is 2.41. The van der Waals surface area contributed by atoms with Gasteiger partial charge in [-0.2, -0.15) is 17.4 Å². The van der Waals surface area contributed by atoms with Gasteiger partial charge in [0.05, 0.1) is 0 Å². The van der Waals surface area contributed by atoms with Crippen molar-refractivity contribution in [1.82, 2.24) is 9.03 Å². The summed E-state index contributed by atoms with van der Waals surface area (Å²) < 4.78 is 29.2. The molecule has 0 aromatic heterocycles. The second kappa shape index (κ2) is 6.08. The lowest BCUT2D eigenvalue weighted by atomic mass is 9.90. The minimum Gasteiger partial charge on any atom is -0.329 e. The zero-order valence-corrected chi connectivity index (χ0v) is 13.5. The molecule has 0 atom stereocenters. The minimum atomic E-state index is -3.50. The Morgan fingerprint density at radius 3 is 2.00 bits per heavy atom. The second-order valence-corrected chi connectivity index (χ2v) is 8.37. The van der Waals surface area contributed by atoms with Crippen LogP contribution >= 0.6 is 0 Å². The van der Waals surface area contributed by atoms with Crippen molar-refractivity contribution in [3.63, 3.8) is 0 Å². The summed E-state index contributed by atoms with van der Waals surface area (Å²) in [6.45, 7) is 5.93. The van der Waals surface area contributed by atoms with Gasteiger partial charge in [0.15, 0.2) is 0 Å². The number of nitrogens with two attached hydrogens (primary N) is 1. The molecule has 0 aromatic rings. The Labute approximate surface area is 118 Å². The highest BCUT2D eigenvalue weighted by molar-refractivity contribution is 7.87. The largest absolute Gasteiger partial charge is 0.329 e. The van der Waals surface area contributed by atoms with Gasteiger partial charge in [-0.05, 0) is 33.6 Å². The van der Waals surface area contributed by atoms with Crippen molar-refractivity contribution >= 4 is 10.2 Å². The SMILES string of the molecule is CN(C1(CN)CCCCCC1)S(=O)(=O)NC(C)(C)C. The molecule has 0 amide bonds. The Morgan fingerprint density at radius 2 is 1.63 bits per heavy atom. The first kappa shape index (κ1) is 16.9. The van der Waals surface area contributed by atoms with Crippen LogP contribution in [0, 0.1) is 0 Å². The molecule has 0 radical (unpaired) electrons. The Hall–Kier alpha value is -0.170. The van der Waals surface area contributed by atoms with Crippen LogP contribution in [-0.4, -0.2) is 37.4 Å². The summed E-state index contributed by atoms with van der Waals surface area (Å²) in [4.78, 5) is 0. The number of likely N-dealkylation sites (N-methyl/N-ethyl adjacent to an activating group) is 1. The average molecular weight is 291 g/mol. The average Bonchev–Trinajstić information content (AvgIpc) is 2.50. The molecule has 1 aliphatic carbocycles. The predicted octanol–water partition coefficient (Wildman–Crippen LogP) is 1.60. The summed E-state index contributed by atoms with van der Waals surface area (Å²) in [5, 5.41) is 0. The van der Waals surface area contributed by atoms with Crippen LogP contribution in [-0.2, 0) is 10.2 Å².